The van der Waals surface area contributed by atoms with Gasteiger partial charge in [-0.3, -0.25) is 14.4 Å². The van der Waals surface area contributed by atoms with E-state index in [1.54, 1.807) is 13.1 Å². The number of aromatic nitrogens is 2. The molecule has 0 saturated carbocycles. The minimum Gasteiger partial charge on any atom is -0.342 e. The Morgan fingerprint density at radius 1 is 1.46 bits per heavy atom. The SMILES string of the molecule is CN(Cc1nc2ccsc2c(=O)[nH]1)C(=O)C1CSC(C)(C)C(=O)N1. The quantitative estimate of drug-likeness (QED) is 0.843. The van der Waals surface area contributed by atoms with Crippen LogP contribution in [0.2, 0.25) is 0 Å². The molecule has 0 spiro atoms. The number of amides is 2. The van der Waals surface area contributed by atoms with Gasteiger partial charge in [0.05, 0.1) is 16.8 Å². The molecule has 3 rings (SSSR count). The molecule has 0 radical (unpaired) electrons. The summed E-state index contributed by atoms with van der Waals surface area (Å²) in [6, 6.07) is 1.22. The average molecular weight is 366 g/mol. The summed E-state index contributed by atoms with van der Waals surface area (Å²) in [6.07, 6.45) is 0. The second-order valence-corrected chi connectivity index (χ2v) is 8.75. The molecule has 9 heteroatoms. The molecule has 7 nitrogen and oxygen atoms in total. The van der Waals surface area contributed by atoms with Crippen LogP contribution in [0.25, 0.3) is 10.2 Å². The molecule has 1 aliphatic rings. The van der Waals surface area contributed by atoms with Crippen LogP contribution in [0.15, 0.2) is 16.2 Å². The monoisotopic (exact) mass is 366 g/mol. The van der Waals surface area contributed by atoms with Gasteiger partial charge in [-0.25, -0.2) is 4.98 Å². The van der Waals surface area contributed by atoms with Crippen molar-refractivity contribution in [1.82, 2.24) is 20.2 Å². The summed E-state index contributed by atoms with van der Waals surface area (Å²) in [5.74, 6) is 0.614. The molecule has 24 heavy (non-hydrogen) atoms. The lowest BCUT2D eigenvalue weighted by Gasteiger charge is -2.34. The lowest BCUT2D eigenvalue weighted by molar-refractivity contribution is -0.136. The molecule has 2 aromatic rings. The van der Waals surface area contributed by atoms with Gasteiger partial charge >= 0.3 is 0 Å². The van der Waals surface area contributed by atoms with E-state index < -0.39 is 10.8 Å². The minimum absolute atomic E-state index is 0.142. The third kappa shape index (κ3) is 3.18. The first kappa shape index (κ1) is 17.0. The average Bonchev–Trinajstić information content (AvgIpc) is 2.98. The standard InChI is InChI=1S/C15H18N4O3S2/c1-15(2)14(22)17-9(7-24-15)13(21)19(3)6-10-16-8-4-5-23-11(8)12(20)18-10/h4-5,9H,6-7H2,1-3H3,(H,17,22)(H,16,18,20). The molecule has 0 bridgehead atoms. The molecule has 128 valence electrons. The van der Waals surface area contributed by atoms with E-state index in [4.69, 9.17) is 0 Å². The van der Waals surface area contributed by atoms with Crippen molar-refractivity contribution >= 4 is 45.1 Å². The summed E-state index contributed by atoms with van der Waals surface area (Å²) in [5, 5.41) is 4.58. The van der Waals surface area contributed by atoms with Crippen LogP contribution in [0, 0.1) is 0 Å². The molecule has 1 fully saturated rings. The number of H-pyrrole nitrogens is 1. The lowest BCUT2D eigenvalue weighted by atomic mass is 10.1. The Hall–Kier alpha value is -1.87. The molecular formula is C15H18N4O3S2. The van der Waals surface area contributed by atoms with Crippen LogP contribution in [0.1, 0.15) is 19.7 Å². The number of nitrogens with one attached hydrogen (secondary N) is 2. The molecule has 1 atom stereocenters. The van der Waals surface area contributed by atoms with E-state index in [0.29, 0.717) is 21.8 Å². The molecule has 0 aromatic carbocycles. The van der Waals surface area contributed by atoms with Crippen LogP contribution in [0.5, 0.6) is 0 Å². The highest BCUT2D eigenvalue weighted by molar-refractivity contribution is 8.01. The van der Waals surface area contributed by atoms with Gasteiger partial charge in [0.2, 0.25) is 11.8 Å². The van der Waals surface area contributed by atoms with Crippen LogP contribution in [0.4, 0.5) is 0 Å². The normalized spacial score (nSPS) is 20.0. The molecule has 1 unspecified atom stereocenters. The summed E-state index contributed by atoms with van der Waals surface area (Å²) >= 11 is 2.80. The topological polar surface area (TPSA) is 95.2 Å². The summed E-state index contributed by atoms with van der Waals surface area (Å²) in [7, 11) is 1.64. The zero-order valence-electron chi connectivity index (χ0n) is 13.6. The van der Waals surface area contributed by atoms with Crippen molar-refractivity contribution in [3.05, 3.63) is 27.6 Å². The maximum absolute atomic E-state index is 12.5. The number of hydrogen-bond acceptors (Lipinski definition) is 6. The Kier molecular flexibility index (Phi) is 4.39. The van der Waals surface area contributed by atoms with Gasteiger partial charge in [0, 0.05) is 12.8 Å². The molecular weight excluding hydrogens is 348 g/mol. The highest BCUT2D eigenvalue weighted by Crippen LogP contribution is 2.29. The highest BCUT2D eigenvalue weighted by Gasteiger charge is 2.38. The second-order valence-electron chi connectivity index (χ2n) is 6.19. The summed E-state index contributed by atoms with van der Waals surface area (Å²) < 4.78 is 0.0532. The lowest BCUT2D eigenvalue weighted by Crippen LogP contribution is -2.57. The van der Waals surface area contributed by atoms with E-state index in [9.17, 15) is 14.4 Å². The number of likely N-dealkylation sites (N-methyl/N-ethyl adjacent to an activating group) is 1. The van der Waals surface area contributed by atoms with E-state index in [1.807, 2.05) is 19.2 Å². The van der Waals surface area contributed by atoms with Gasteiger partial charge < -0.3 is 15.2 Å². The Morgan fingerprint density at radius 2 is 2.21 bits per heavy atom. The Labute approximate surface area is 146 Å². The Bertz CT molecular complexity index is 858. The highest BCUT2D eigenvalue weighted by atomic mass is 32.2. The van der Waals surface area contributed by atoms with Gasteiger partial charge in [0.15, 0.2) is 0 Å². The predicted octanol–water partition coefficient (Wildman–Crippen LogP) is 0.953. The van der Waals surface area contributed by atoms with Gasteiger partial charge in [-0.2, -0.15) is 0 Å². The summed E-state index contributed by atoms with van der Waals surface area (Å²) in [5.41, 5.74) is 0.428. The first-order chi connectivity index (χ1) is 11.3. The third-order valence-corrected chi connectivity index (χ3v) is 6.20. The fourth-order valence-electron chi connectivity index (χ4n) is 2.43. The van der Waals surface area contributed by atoms with Crippen molar-refractivity contribution in [2.45, 2.75) is 31.2 Å². The molecule has 2 N–H and O–H groups in total. The van der Waals surface area contributed by atoms with Gasteiger partial charge in [0.1, 0.15) is 16.6 Å². The van der Waals surface area contributed by atoms with E-state index >= 15 is 0 Å². The number of aromatic amines is 1. The van der Waals surface area contributed by atoms with E-state index in [0.717, 1.165) is 0 Å². The van der Waals surface area contributed by atoms with Crippen molar-refractivity contribution < 1.29 is 9.59 Å². The predicted molar refractivity (Wildman–Crippen MR) is 95.2 cm³/mol. The Balaban J connectivity index is 1.72. The van der Waals surface area contributed by atoms with Gasteiger partial charge in [-0.1, -0.05) is 0 Å². The molecule has 3 heterocycles. The van der Waals surface area contributed by atoms with Crippen LogP contribution in [0.3, 0.4) is 0 Å². The molecule has 1 aliphatic heterocycles. The van der Waals surface area contributed by atoms with Gasteiger partial charge in [-0.15, -0.1) is 23.1 Å². The van der Waals surface area contributed by atoms with Gasteiger partial charge in [-0.05, 0) is 25.3 Å². The number of carbonyl (C=O) groups is 2. The number of thiophene rings is 1. The van der Waals surface area contributed by atoms with E-state index in [2.05, 4.69) is 15.3 Å². The number of rotatable bonds is 3. The summed E-state index contributed by atoms with van der Waals surface area (Å²) in [6.45, 7) is 3.85. The number of thioether (sulfide) groups is 1. The summed E-state index contributed by atoms with van der Waals surface area (Å²) in [4.78, 5) is 45.1. The van der Waals surface area contributed by atoms with Crippen LogP contribution < -0.4 is 10.9 Å². The van der Waals surface area contributed by atoms with Crippen molar-refractivity contribution in [1.29, 1.82) is 0 Å². The number of fused-ring (bicyclic) bond motifs is 1. The number of carbonyl (C=O) groups excluding carboxylic acids is 2. The Morgan fingerprint density at radius 3 is 2.92 bits per heavy atom. The van der Waals surface area contributed by atoms with Crippen LogP contribution in [-0.4, -0.2) is 50.3 Å². The number of hydrogen-bond donors (Lipinski definition) is 2. The van der Waals surface area contributed by atoms with E-state index in [1.165, 1.54) is 28.0 Å². The van der Waals surface area contributed by atoms with Crippen molar-refractivity contribution in [2.75, 3.05) is 12.8 Å². The first-order valence-corrected chi connectivity index (χ1v) is 9.31. The maximum Gasteiger partial charge on any atom is 0.268 e. The molecule has 2 amide bonds. The smallest absolute Gasteiger partial charge is 0.268 e. The maximum atomic E-state index is 12.5. The van der Waals surface area contributed by atoms with Crippen LogP contribution in [-0.2, 0) is 16.1 Å². The fraction of sp³-hybridized carbons (Fsp3) is 0.467. The largest absolute Gasteiger partial charge is 0.342 e. The van der Waals surface area contributed by atoms with Gasteiger partial charge in [0.25, 0.3) is 5.56 Å². The van der Waals surface area contributed by atoms with E-state index in [-0.39, 0.29) is 23.9 Å². The zero-order valence-corrected chi connectivity index (χ0v) is 15.2. The van der Waals surface area contributed by atoms with Crippen molar-refractivity contribution in [2.24, 2.45) is 0 Å². The minimum atomic E-state index is -0.558. The van der Waals surface area contributed by atoms with Crippen molar-refractivity contribution in [3.8, 4) is 0 Å². The first-order valence-electron chi connectivity index (χ1n) is 7.44. The second kappa shape index (κ2) is 6.21. The third-order valence-electron chi connectivity index (χ3n) is 3.89. The number of nitrogens with zero attached hydrogens (tertiary/aromatic N) is 2. The fourth-order valence-corrected chi connectivity index (χ4v) is 4.15. The van der Waals surface area contributed by atoms with Crippen molar-refractivity contribution in [3.63, 3.8) is 0 Å². The molecule has 1 saturated heterocycles. The molecule has 0 aliphatic carbocycles. The van der Waals surface area contributed by atoms with Crippen LogP contribution >= 0.6 is 23.1 Å². The zero-order chi connectivity index (χ0) is 17.5. The molecule has 2 aromatic heterocycles.